The minimum absolute atomic E-state index is 0. The van der Waals surface area contributed by atoms with Crippen LogP contribution in [0, 0.1) is 0 Å². The molecule has 2 N–H and O–H groups in total. The van der Waals surface area contributed by atoms with Crippen LogP contribution in [-0.4, -0.2) is 34.0 Å². The predicted molar refractivity (Wildman–Crippen MR) is 61.8 cm³/mol. The largest absolute Gasteiger partial charge is 0.328 e. The number of likely N-dealkylation sites (tertiary alicyclic amines) is 1. The zero-order valence-corrected chi connectivity index (χ0v) is 9.49. The Morgan fingerprint density at radius 1 is 1.33 bits per heavy atom. The molecule has 1 fully saturated rings. The molecular formula is C10H17ClN4. The van der Waals surface area contributed by atoms with Gasteiger partial charge in [0.15, 0.2) is 0 Å². The lowest BCUT2D eigenvalue weighted by molar-refractivity contribution is 0.203. The first kappa shape index (κ1) is 12.4. The van der Waals surface area contributed by atoms with Crippen molar-refractivity contribution in [2.75, 3.05) is 13.1 Å². The molecule has 0 bridgehead atoms. The van der Waals surface area contributed by atoms with Crippen LogP contribution < -0.4 is 5.73 Å². The third-order valence-corrected chi connectivity index (χ3v) is 2.63. The Morgan fingerprint density at radius 2 is 2.07 bits per heavy atom. The van der Waals surface area contributed by atoms with Crippen molar-refractivity contribution in [1.82, 2.24) is 14.9 Å². The molecule has 0 aromatic carbocycles. The average Bonchev–Trinajstić information content (AvgIpc) is 2.23. The molecule has 2 heterocycles. The Morgan fingerprint density at radius 3 is 2.67 bits per heavy atom. The Labute approximate surface area is 96.3 Å². The molecule has 1 aliphatic rings. The molecule has 2 rings (SSSR count). The van der Waals surface area contributed by atoms with Crippen LogP contribution in [0.2, 0.25) is 0 Å². The van der Waals surface area contributed by atoms with E-state index < -0.39 is 0 Å². The average molecular weight is 229 g/mol. The van der Waals surface area contributed by atoms with Gasteiger partial charge in [-0.15, -0.1) is 12.4 Å². The number of hydrogen-bond donors (Lipinski definition) is 1. The van der Waals surface area contributed by atoms with Gasteiger partial charge in [-0.1, -0.05) is 0 Å². The molecular weight excluding hydrogens is 212 g/mol. The van der Waals surface area contributed by atoms with Gasteiger partial charge >= 0.3 is 0 Å². The third-order valence-electron chi connectivity index (χ3n) is 2.63. The molecule has 0 atom stereocenters. The monoisotopic (exact) mass is 228 g/mol. The molecule has 84 valence electrons. The highest BCUT2D eigenvalue weighted by Crippen LogP contribution is 2.10. The van der Waals surface area contributed by atoms with Crippen LogP contribution in [0.25, 0.3) is 0 Å². The smallest absolute Gasteiger partial charge is 0.0726 e. The first-order chi connectivity index (χ1) is 6.84. The maximum atomic E-state index is 5.84. The van der Waals surface area contributed by atoms with Crippen molar-refractivity contribution < 1.29 is 0 Å². The highest BCUT2D eigenvalue weighted by atomic mass is 35.5. The molecule has 0 unspecified atom stereocenters. The summed E-state index contributed by atoms with van der Waals surface area (Å²) in [5.74, 6) is 0. The van der Waals surface area contributed by atoms with Crippen molar-refractivity contribution in [3.63, 3.8) is 0 Å². The summed E-state index contributed by atoms with van der Waals surface area (Å²) in [7, 11) is 0. The molecule has 1 aliphatic heterocycles. The molecule has 0 spiro atoms. The zero-order chi connectivity index (χ0) is 9.80. The first-order valence-corrected chi connectivity index (χ1v) is 5.07. The molecule has 0 amide bonds. The number of rotatable bonds is 2. The van der Waals surface area contributed by atoms with Crippen molar-refractivity contribution in [2.45, 2.75) is 25.4 Å². The lowest BCUT2D eigenvalue weighted by Crippen LogP contribution is -2.39. The van der Waals surface area contributed by atoms with E-state index in [4.69, 9.17) is 5.73 Å². The van der Waals surface area contributed by atoms with E-state index in [1.807, 2.05) is 6.20 Å². The summed E-state index contributed by atoms with van der Waals surface area (Å²) in [6.07, 6.45) is 7.47. The van der Waals surface area contributed by atoms with Gasteiger partial charge in [0.2, 0.25) is 0 Å². The van der Waals surface area contributed by atoms with Gasteiger partial charge in [0, 0.05) is 44.3 Å². The normalized spacial score (nSPS) is 18.5. The van der Waals surface area contributed by atoms with Crippen LogP contribution in [0.3, 0.4) is 0 Å². The summed E-state index contributed by atoms with van der Waals surface area (Å²) in [5.41, 5.74) is 6.88. The maximum Gasteiger partial charge on any atom is 0.0726 e. The second-order valence-corrected chi connectivity index (χ2v) is 3.81. The van der Waals surface area contributed by atoms with Crippen LogP contribution in [0.15, 0.2) is 18.6 Å². The van der Waals surface area contributed by atoms with Gasteiger partial charge in [0.25, 0.3) is 0 Å². The molecule has 0 saturated carbocycles. The van der Waals surface area contributed by atoms with Gasteiger partial charge in [-0.25, -0.2) is 0 Å². The van der Waals surface area contributed by atoms with Crippen LogP contribution >= 0.6 is 12.4 Å². The number of piperidine rings is 1. The van der Waals surface area contributed by atoms with Gasteiger partial charge < -0.3 is 5.73 Å². The standard InChI is InChI=1S/C10H16N4.ClH/c11-9-1-5-14(6-2-9)8-10-7-12-3-4-13-10;/h3-4,7,9H,1-2,5-6,8,11H2;1H. The van der Waals surface area contributed by atoms with Crippen molar-refractivity contribution >= 4 is 12.4 Å². The number of nitrogens with two attached hydrogens (primary N) is 1. The molecule has 1 aromatic heterocycles. The second-order valence-electron chi connectivity index (χ2n) is 3.81. The summed E-state index contributed by atoms with van der Waals surface area (Å²) in [4.78, 5) is 10.7. The van der Waals surface area contributed by atoms with Gasteiger partial charge in [-0.3, -0.25) is 14.9 Å². The number of aromatic nitrogens is 2. The highest BCUT2D eigenvalue weighted by molar-refractivity contribution is 5.85. The minimum atomic E-state index is 0. The van der Waals surface area contributed by atoms with Gasteiger partial charge in [-0.2, -0.15) is 0 Å². The van der Waals surface area contributed by atoms with E-state index in [1.54, 1.807) is 12.4 Å². The summed E-state index contributed by atoms with van der Waals surface area (Å²) in [5, 5.41) is 0. The lowest BCUT2D eigenvalue weighted by atomic mass is 10.1. The van der Waals surface area contributed by atoms with E-state index >= 15 is 0 Å². The molecule has 4 nitrogen and oxygen atoms in total. The molecule has 1 saturated heterocycles. The SMILES string of the molecule is Cl.NC1CCN(Cc2cnccn2)CC1. The maximum absolute atomic E-state index is 5.84. The van der Waals surface area contributed by atoms with E-state index in [2.05, 4.69) is 14.9 Å². The zero-order valence-electron chi connectivity index (χ0n) is 8.67. The molecule has 5 heteroatoms. The van der Waals surface area contributed by atoms with E-state index in [0.29, 0.717) is 6.04 Å². The van der Waals surface area contributed by atoms with Crippen molar-refractivity contribution in [2.24, 2.45) is 5.73 Å². The van der Waals surface area contributed by atoms with Gasteiger partial charge in [-0.05, 0) is 12.8 Å². The van der Waals surface area contributed by atoms with Gasteiger partial charge in [0.05, 0.1) is 5.69 Å². The van der Waals surface area contributed by atoms with Crippen LogP contribution in [0.4, 0.5) is 0 Å². The second kappa shape index (κ2) is 6.00. The van der Waals surface area contributed by atoms with Gasteiger partial charge in [0.1, 0.15) is 0 Å². The fraction of sp³-hybridized carbons (Fsp3) is 0.600. The summed E-state index contributed by atoms with van der Waals surface area (Å²) < 4.78 is 0. The van der Waals surface area contributed by atoms with E-state index in [0.717, 1.165) is 38.2 Å². The summed E-state index contributed by atoms with van der Waals surface area (Å²) in [6.45, 7) is 3.07. The summed E-state index contributed by atoms with van der Waals surface area (Å²) in [6, 6.07) is 0.396. The predicted octanol–water partition coefficient (Wildman–Crippen LogP) is 0.821. The first-order valence-electron chi connectivity index (χ1n) is 5.07. The highest BCUT2D eigenvalue weighted by Gasteiger charge is 2.15. The van der Waals surface area contributed by atoms with Crippen molar-refractivity contribution in [3.8, 4) is 0 Å². The Bertz CT molecular complexity index is 272. The lowest BCUT2D eigenvalue weighted by Gasteiger charge is -2.29. The van der Waals surface area contributed by atoms with E-state index in [9.17, 15) is 0 Å². The topological polar surface area (TPSA) is 55.0 Å². The number of nitrogens with zero attached hydrogens (tertiary/aromatic N) is 3. The minimum Gasteiger partial charge on any atom is -0.328 e. The van der Waals surface area contributed by atoms with E-state index in [-0.39, 0.29) is 12.4 Å². The number of hydrogen-bond acceptors (Lipinski definition) is 4. The van der Waals surface area contributed by atoms with Crippen molar-refractivity contribution in [3.05, 3.63) is 24.3 Å². The molecule has 15 heavy (non-hydrogen) atoms. The Balaban J connectivity index is 0.00000112. The van der Waals surface area contributed by atoms with Crippen LogP contribution in [0.1, 0.15) is 18.5 Å². The molecule has 1 aromatic rings. The quantitative estimate of drug-likeness (QED) is 0.815. The third kappa shape index (κ3) is 3.74. The Hall–Kier alpha value is -0.710. The summed E-state index contributed by atoms with van der Waals surface area (Å²) >= 11 is 0. The molecule has 0 aliphatic carbocycles. The Kier molecular flexibility index (Phi) is 4.94. The van der Waals surface area contributed by atoms with E-state index in [1.165, 1.54) is 0 Å². The fourth-order valence-electron chi connectivity index (χ4n) is 1.75. The fourth-order valence-corrected chi connectivity index (χ4v) is 1.75. The van der Waals surface area contributed by atoms with Crippen molar-refractivity contribution in [1.29, 1.82) is 0 Å². The van der Waals surface area contributed by atoms with Crippen LogP contribution in [-0.2, 0) is 6.54 Å². The number of halogens is 1. The molecule has 0 radical (unpaired) electrons. The van der Waals surface area contributed by atoms with Crippen LogP contribution in [0.5, 0.6) is 0 Å².